The number of ether oxygens (including phenoxy) is 2. The first-order valence-electron chi connectivity index (χ1n) is 7.46. The van der Waals surface area contributed by atoms with E-state index in [1.807, 2.05) is 6.92 Å². The lowest BCUT2D eigenvalue weighted by atomic mass is 10.3. The van der Waals surface area contributed by atoms with Crippen LogP contribution in [0, 0.1) is 0 Å². The van der Waals surface area contributed by atoms with Crippen LogP contribution in [0.1, 0.15) is 18.6 Å². The molecule has 0 bridgehead atoms. The fraction of sp³-hybridized carbons (Fsp3) is 0.467. The molecule has 0 aliphatic rings. The number of halogens is 3. The molecule has 24 heavy (non-hydrogen) atoms. The molecule has 0 aliphatic heterocycles. The van der Waals surface area contributed by atoms with Crippen molar-refractivity contribution in [1.29, 1.82) is 0 Å². The number of aromatic nitrogens is 3. The molecule has 0 atom stereocenters. The summed E-state index contributed by atoms with van der Waals surface area (Å²) in [6, 6.07) is 6.90. The third-order valence-corrected chi connectivity index (χ3v) is 2.99. The molecule has 0 unspecified atom stereocenters. The van der Waals surface area contributed by atoms with Crippen LogP contribution in [0.25, 0.3) is 0 Å². The number of benzene rings is 1. The highest BCUT2D eigenvalue weighted by Crippen LogP contribution is 2.20. The average Bonchev–Trinajstić information content (AvgIpc) is 2.87. The molecule has 0 amide bonds. The van der Waals surface area contributed by atoms with Crippen molar-refractivity contribution in [2.24, 2.45) is 5.73 Å². The molecule has 1 aromatic carbocycles. The Hall–Kier alpha value is -2.29. The van der Waals surface area contributed by atoms with E-state index in [1.165, 1.54) is 0 Å². The topological polar surface area (TPSA) is 75.2 Å². The van der Waals surface area contributed by atoms with Crippen LogP contribution in [-0.4, -0.2) is 34.1 Å². The van der Waals surface area contributed by atoms with Crippen molar-refractivity contribution in [3.05, 3.63) is 35.9 Å². The average molecular weight is 344 g/mol. The Bertz CT molecular complexity index is 641. The molecule has 0 saturated heterocycles. The van der Waals surface area contributed by atoms with E-state index in [0.717, 1.165) is 4.68 Å². The van der Waals surface area contributed by atoms with Crippen molar-refractivity contribution in [3.8, 4) is 11.5 Å². The van der Waals surface area contributed by atoms with Gasteiger partial charge in [0.1, 0.15) is 30.5 Å². The Balaban J connectivity index is 2.02. The molecule has 2 rings (SSSR count). The van der Waals surface area contributed by atoms with Crippen LogP contribution < -0.4 is 15.2 Å². The van der Waals surface area contributed by atoms with Gasteiger partial charge in [0.05, 0.1) is 6.61 Å². The molecule has 9 heteroatoms. The van der Waals surface area contributed by atoms with Crippen LogP contribution in [0.2, 0.25) is 0 Å². The van der Waals surface area contributed by atoms with Crippen LogP contribution in [0.4, 0.5) is 13.2 Å². The first kappa shape index (κ1) is 18.1. The number of nitrogens with two attached hydrogens (primary N) is 1. The zero-order valence-corrected chi connectivity index (χ0v) is 13.2. The summed E-state index contributed by atoms with van der Waals surface area (Å²) < 4.78 is 49.3. The lowest BCUT2D eigenvalue weighted by molar-refractivity contribution is -0.143. The molecule has 2 aromatic rings. The number of nitrogens with zero attached hydrogens (tertiary/aromatic N) is 3. The minimum Gasteiger partial charge on any atom is -0.494 e. The van der Waals surface area contributed by atoms with E-state index in [-0.39, 0.29) is 31.2 Å². The van der Waals surface area contributed by atoms with E-state index in [1.54, 1.807) is 24.3 Å². The van der Waals surface area contributed by atoms with Gasteiger partial charge in [0.25, 0.3) is 0 Å². The standard InChI is InChI=1S/C15H19F3N4O2/c1-2-23-11-3-5-12(6-4-11)24-9-13-20-14(7-8-19)22(21-13)10-15(16,17)18/h3-6H,2,7-10,19H2,1H3. The van der Waals surface area contributed by atoms with Gasteiger partial charge in [-0.25, -0.2) is 9.67 Å². The smallest absolute Gasteiger partial charge is 0.408 e. The van der Waals surface area contributed by atoms with Gasteiger partial charge >= 0.3 is 6.18 Å². The van der Waals surface area contributed by atoms with Crippen molar-refractivity contribution in [2.45, 2.75) is 32.7 Å². The monoisotopic (exact) mass is 344 g/mol. The van der Waals surface area contributed by atoms with E-state index in [0.29, 0.717) is 18.1 Å². The van der Waals surface area contributed by atoms with E-state index >= 15 is 0 Å². The number of rotatable bonds is 8. The predicted octanol–water partition coefficient (Wildman–Crippen LogP) is 2.32. The maximum Gasteiger partial charge on any atom is 0.408 e. The summed E-state index contributed by atoms with van der Waals surface area (Å²) in [6.07, 6.45) is -4.16. The van der Waals surface area contributed by atoms with E-state index in [9.17, 15) is 13.2 Å². The second-order valence-corrected chi connectivity index (χ2v) is 4.95. The fourth-order valence-corrected chi connectivity index (χ4v) is 2.04. The lowest BCUT2D eigenvalue weighted by Crippen LogP contribution is -2.21. The van der Waals surface area contributed by atoms with Crippen LogP contribution in [0.15, 0.2) is 24.3 Å². The second kappa shape index (κ2) is 8.00. The van der Waals surface area contributed by atoms with E-state index in [2.05, 4.69) is 10.1 Å². The molecule has 1 heterocycles. The van der Waals surface area contributed by atoms with Gasteiger partial charge < -0.3 is 15.2 Å². The Labute approximate surface area is 137 Å². The summed E-state index contributed by atoms with van der Waals surface area (Å²) >= 11 is 0. The van der Waals surface area contributed by atoms with Gasteiger partial charge in [0.2, 0.25) is 0 Å². The van der Waals surface area contributed by atoms with Crippen molar-refractivity contribution in [1.82, 2.24) is 14.8 Å². The van der Waals surface area contributed by atoms with Crippen molar-refractivity contribution >= 4 is 0 Å². The number of hydrogen-bond acceptors (Lipinski definition) is 5. The van der Waals surface area contributed by atoms with Crippen LogP contribution >= 0.6 is 0 Å². The highest BCUT2D eigenvalue weighted by Gasteiger charge is 2.30. The highest BCUT2D eigenvalue weighted by molar-refractivity contribution is 5.31. The van der Waals surface area contributed by atoms with Crippen molar-refractivity contribution in [3.63, 3.8) is 0 Å². The molecule has 0 spiro atoms. The summed E-state index contributed by atoms with van der Waals surface area (Å²) in [7, 11) is 0. The van der Waals surface area contributed by atoms with Crippen molar-refractivity contribution in [2.75, 3.05) is 13.2 Å². The molecule has 1 aromatic heterocycles. The van der Waals surface area contributed by atoms with Gasteiger partial charge in [0, 0.05) is 6.42 Å². The highest BCUT2D eigenvalue weighted by atomic mass is 19.4. The molecule has 132 valence electrons. The first-order valence-corrected chi connectivity index (χ1v) is 7.46. The molecule has 2 N–H and O–H groups in total. The molecule has 0 fully saturated rings. The van der Waals surface area contributed by atoms with Gasteiger partial charge in [-0.15, -0.1) is 0 Å². The molecule has 6 nitrogen and oxygen atoms in total. The Morgan fingerprint density at radius 1 is 1.12 bits per heavy atom. The number of hydrogen-bond donors (Lipinski definition) is 1. The minimum atomic E-state index is -4.37. The van der Waals surface area contributed by atoms with Crippen molar-refractivity contribution < 1.29 is 22.6 Å². The zero-order valence-electron chi connectivity index (χ0n) is 13.2. The lowest BCUT2D eigenvalue weighted by Gasteiger charge is -2.08. The molecule has 0 radical (unpaired) electrons. The molecular formula is C15H19F3N4O2. The SMILES string of the molecule is CCOc1ccc(OCc2nc(CCN)n(CC(F)(F)F)n2)cc1. The predicted molar refractivity (Wildman–Crippen MR) is 80.8 cm³/mol. The molecular weight excluding hydrogens is 325 g/mol. The van der Waals surface area contributed by atoms with Gasteiger partial charge in [0.15, 0.2) is 5.82 Å². The third kappa shape index (κ3) is 5.41. The molecule has 0 saturated carbocycles. The normalized spacial score (nSPS) is 11.5. The minimum absolute atomic E-state index is 0.0313. The summed E-state index contributed by atoms with van der Waals surface area (Å²) in [5.74, 6) is 1.63. The number of alkyl halides is 3. The third-order valence-electron chi connectivity index (χ3n) is 2.99. The maximum atomic E-state index is 12.6. The maximum absolute atomic E-state index is 12.6. The summed E-state index contributed by atoms with van der Waals surface area (Å²) in [5, 5.41) is 3.86. The Kier molecular flexibility index (Phi) is 6.02. The van der Waals surface area contributed by atoms with Gasteiger partial charge in [-0.3, -0.25) is 0 Å². The summed E-state index contributed by atoms with van der Waals surface area (Å²) in [5.41, 5.74) is 5.40. The fourth-order valence-electron chi connectivity index (χ4n) is 2.04. The second-order valence-electron chi connectivity index (χ2n) is 4.95. The van der Waals surface area contributed by atoms with Gasteiger partial charge in [-0.1, -0.05) is 0 Å². The Morgan fingerprint density at radius 2 is 1.75 bits per heavy atom. The van der Waals surface area contributed by atoms with E-state index in [4.69, 9.17) is 15.2 Å². The summed E-state index contributed by atoms with van der Waals surface area (Å²) in [4.78, 5) is 4.07. The Morgan fingerprint density at radius 3 is 2.29 bits per heavy atom. The van der Waals surface area contributed by atoms with Gasteiger partial charge in [-0.2, -0.15) is 18.3 Å². The molecule has 0 aliphatic carbocycles. The summed E-state index contributed by atoms with van der Waals surface area (Å²) in [6.45, 7) is 1.40. The quantitative estimate of drug-likeness (QED) is 0.795. The first-order chi connectivity index (χ1) is 11.4. The largest absolute Gasteiger partial charge is 0.494 e. The van der Waals surface area contributed by atoms with Gasteiger partial charge in [-0.05, 0) is 37.7 Å². The van der Waals surface area contributed by atoms with Crippen LogP contribution in [-0.2, 0) is 19.6 Å². The van der Waals surface area contributed by atoms with Crippen LogP contribution in [0.5, 0.6) is 11.5 Å². The van der Waals surface area contributed by atoms with Crippen LogP contribution in [0.3, 0.4) is 0 Å². The zero-order chi connectivity index (χ0) is 17.6. The van der Waals surface area contributed by atoms with E-state index < -0.39 is 12.7 Å².